The molecular weight excluding hydrogens is 220 g/mol. The van der Waals surface area contributed by atoms with Crippen molar-refractivity contribution in [1.82, 2.24) is 19.7 Å². The summed E-state index contributed by atoms with van der Waals surface area (Å²) < 4.78 is 1.72. The molecule has 0 saturated carbocycles. The second-order valence-corrected chi connectivity index (χ2v) is 3.79. The van der Waals surface area contributed by atoms with Gasteiger partial charge < -0.3 is 5.11 Å². The summed E-state index contributed by atoms with van der Waals surface area (Å²) in [5.74, 6) is -0.646. The summed E-state index contributed by atoms with van der Waals surface area (Å²) in [6, 6.07) is 3.28. The van der Waals surface area contributed by atoms with Crippen molar-refractivity contribution < 1.29 is 9.90 Å². The quantitative estimate of drug-likeness (QED) is 0.841. The van der Waals surface area contributed by atoms with E-state index in [-0.39, 0.29) is 5.69 Å². The average Bonchev–Trinajstić information content (AvgIpc) is 2.58. The zero-order valence-electron chi connectivity index (χ0n) is 9.80. The first-order valence-corrected chi connectivity index (χ1v) is 5.07. The summed E-state index contributed by atoms with van der Waals surface area (Å²) in [5, 5.41) is 13.2. The normalized spacial score (nSPS) is 10.5. The molecule has 0 unspecified atom stereocenters. The predicted octanol–water partition coefficient (Wildman–Crippen LogP) is 1.19. The minimum Gasteiger partial charge on any atom is -0.477 e. The lowest BCUT2D eigenvalue weighted by Gasteiger charge is -2.00. The fraction of sp³-hybridized carbons (Fsp3) is 0.273. The highest BCUT2D eigenvalue weighted by molar-refractivity contribution is 5.86. The van der Waals surface area contributed by atoms with Gasteiger partial charge in [0.25, 0.3) is 0 Å². The van der Waals surface area contributed by atoms with Crippen LogP contribution in [0.5, 0.6) is 0 Å². The van der Waals surface area contributed by atoms with E-state index in [0.29, 0.717) is 17.2 Å². The maximum Gasteiger partial charge on any atom is 0.354 e. The molecule has 0 aromatic carbocycles. The van der Waals surface area contributed by atoms with Crippen LogP contribution >= 0.6 is 0 Å². The molecule has 6 nitrogen and oxygen atoms in total. The third kappa shape index (κ3) is 2.15. The molecule has 2 aromatic rings. The van der Waals surface area contributed by atoms with Crippen molar-refractivity contribution >= 4 is 5.97 Å². The molecular formula is C11H12N4O2. The molecule has 0 aliphatic rings. The second kappa shape index (κ2) is 3.97. The zero-order valence-corrected chi connectivity index (χ0v) is 9.80. The standard InChI is InChI=1S/C11H12N4O2/c1-6-4-9(14-15(6)3)8-5-10(11(16)17)13-7(2)12-8/h4-5H,1-3H3,(H,16,17). The Morgan fingerprint density at radius 3 is 2.47 bits per heavy atom. The van der Waals surface area contributed by atoms with Gasteiger partial charge >= 0.3 is 5.97 Å². The van der Waals surface area contributed by atoms with E-state index in [1.165, 1.54) is 6.07 Å². The Labute approximate surface area is 98.0 Å². The van der Waals surface area contributed by atoms with Crippen molar-refractivity contribution in [3.63, 3.8) is 0 Å². The molecule has 0 fully saturated rings. The molecule has 0 atom stereocenters. The Hall–Kier alpha value is -2.24. The molecule has 0 saturated heterocycles. The van der Waals surface area contributed by atoms with Gasteiger partial charge in [0.15, 0.2) is 5.69 Å². The first-order valence-electron chi connectivity index (χ1n) is 5.07. The Kier molecular flexibility index (Phi) is 2.63. The highest BCUT2D eigenvalue weighted by Crippen LogP contribution is 2.17. The van der Waals surface area contributed by atoms with Gasteiger partial charge in [0.1, 0.15) is 11.5 Å². The molecule has 88 valence electrons. The Bertz CT molecular complexity index is 570. The summed E-state index contributed by atoms with van der Waals surface area (Å²) in [4.78, 5) is 18.9. The molecule has 6 heteroatoms. The van der Waals surface area contributed by atoms with Crippen LogP contribution in [0.2, 0.25) is 0 Å². The number of rotatable bonds is 2. The van der Waals surface area contributed by atoms with Crippen molar-refractivity contribution in [2.75, 3.05) is 0 Å². The van der Waals surface area contributed by atoms with Crippen LogP contribution in [0.15, 0.2) is 12.1 Å². The lowest BCUT2D eigenvalue weighted by Crippen LogP contribution is -2.04. The van der Waals surface area contributed by atoms with Gasteiger partial charge in [-0.1, -0.05) is 0 Å². The molecule has 17 heavy (non-hydrogen) atoms. The number of carbonyl (C=O) groups is 1. The molecule has 1 N–H and O–H groups in total. The molecule has 0 aliphatic heterocycles. The largest absolute Gasteiger partial charge is 0.477 e. The van der Waals surface area contributed by atoms with Crippen LogP contribution in [0, 0.1) is 13.8 Å². The maximum absolute atomic E-state index is 10.9. The number of carboxylic acid groups (broad SMARTS) is 1. The van der Waals surface area contributed by atoms with E-state index in [9.17, 15) is 4.79 Å². The van der Waals surface area contributed by atoms with Gasteiger partial charge in [0.05, 0.1) is 5.69 Å². The lowest BCUT2D eigenvalue weighted by molar-refractivity contribution is 0.0690. The first-order chi connectivity index (χ1) is 7.97. The third-order valence-electron chi connectivity index (χ3n) is 2.43. The predicted molar refractivity (Wildman–Crippen MR) is 60.7 cm³/mol. The van der Waals surface area contributed by atoms with Gasteiger partial charge in [-0.05, 0) is 26.0 Å². The van der Waals surface area contributed by atoms with E-state index >= 15 is 0 Å². The van der Waals surface area contributed by atoms with Crippen molar-refractivity contribution in [1.29, 1.82) is 0 Å². The van der Waals surface area contributed by atoms with Gasteiger partial charge in [-0.3, -0.25) is 4.68 Å². The van der Waals surface area contributed by atoms with Crippen molar-refractivity contribution in [2.45, 2.75) is 13.8 Å². The summed E-state index contributed by atoms with van der Waals surface area (Å²) in [6.07, 6.45) is 0. The maximum atomic E-state index is 10.9. The van der Waals surface area contributed by atoms with Gasteiger partial charge in [-0.15, -0.1) is 0 Å². The van der Waals surface area contributed by atoms with Crippen molar-refractivity contribution in [3.8, 4) is 11.4 Å². The van der Waals surface area contributed by atoms with E-state index in [0.717, 1.165) is 5.69 Å². The molecule has 0 spiro atoms. The van der Waals surface area contributed by atoms with Crippen LogP contribution in [-0.4, -0.2) is 30.8 Å². The molecule has 2 heterocycles. The van der Waals surface area contributed by atoms with E-state index in [1.807, 2.05) is 20.0 Å². The van der Waals surface area contributed by atoms with Crippen LogP contribution in [0.4, 0.5) is 0 Å². The van der Waals surface area contributed by atoms with Crippen LogP contribution in [-0.2, 0) is 7.05 Å². The van der Waals surface area contributed by atoms with Crippen LogP contribution in [0.1, 0.15) is 22.0 Å². The number of aryl methyl sites for hydroxylation is 3. The van der Waals surface area contributed by atoms with E-state index in [1.54, 1.807) is 11.6 Å². The number of nitrogens with zero attached hydrogens (tertiary/aromatic N) is 4. The molecule has 2 aromatic heterocycles. The average molecular weight is 232 g/mol. The summed E-state index contributed by atoms with van der Waals surface area (Å²) in [7, 11) is 1.82. The number of carboxylic acids is 1. The van der Waals surface area contributed by atoms with Gasteiger partial charge in [0.2, 0.25) is 0 Å². The highest BCUT2D eigenvalue weighted by Gasteiger charge is 2.12. The third-order valence-corrected chi connectivity index (χ3v) is 2.43. The Morgan fingerprint density at radius 1 is 1.24 bits per heavy atom. The van der Waals surface area contributed by atoms with E-state index in [2.05, 4.69) is 15.1 Å². The van der Waals surface area contributed by atoms with Crippen molar-refractivity contribution in [2.24, 2.45) is 7.05 Å². The monoisotopic (exact) mass is 232 g/mol. The summed E-state index contributed by atoms with van der Waals surface area (Å²) in [6.45, 7) is 3.58. The fourth-order valence-electron chi connectivity index (χ4n) is 1.49. The highest BCUT2D eigenvalue weighted by atomic mass is 16.4. The number of hydrogen-bond acceptors (Lipinski definition) is 4. The van der Waals surface area contributed by atoms with Crippen LogP contribution < -0.4 is 0 Å². The van der Waals surface area contributed by atoms with E-state index < -0.39 is 5.97 Å². The SMILES string of the molecule is Cc1nc(C(=O)O)cc(-c2cc(C)n(C)n2)n1. The zero-order chi connectivity index (χ0) is 12.6. The topological polar surface area (TPSA) is 80.9 Å². The molecule has 0 amide bonds. The summed E-state index contributed by atoms with van der Waals surface area (Å²) in [5.41, 5.74) is 2.14. The molecule has 0 radical (unpaired) electrons. The van der Waals surface area contributed by atoms with Crippen molar-refractivity contribution in [3.05, 3.63) is 29.3 Å². The lowest BCUT2D eigenvalue weighted by atomic mass is 10.2. The molecule has 0 aliphatic carbocycles. The first kappa shape index (κ1) is 11.3. The van der Waals surface area contributed by atoms with Gasteiger partial charge in [-0.2, -0.15) is 5.10 Å². The number of aromatic carboxylic acids is 1. The Balaban J connectivity index is 2.55. The number of hydrogen-bond donors (Lipinski definition) is 1. The Morgan fingerprint density at radius 2 is 1.94 bits per heavy atom. The van der Waals surface area contributed by atoms with Crippen LogP contribution in [0.3, 0.4) is 0 Å². The molecule has 2 rings (SSSR count). The molecule has 0 bridgehead atoms. The minimum absolute atomic E-state index is 0.0178. The smallest absolute Gasteiger partial charge is 0.354 e. The number of aromatic nitrogens is 4. The summed E-state index contributed by atoms with van der Waals surface area (Å²) >= 11 is 0. The van der Waals surface area contributed by atoms with Gasteiger partial charge in [-0.25, -0.2) is 14.8 Å². The minimum atomic E-state index is -1.07. The van der Waals surface area contributed by atoms with Gasteiger partial charge in [0, 0.05) is 12.7 Å². The van der Waals surface area contributed by atoms with Crippen LogP contribution in [0.25, 0.3) is 11.4 Å². The second-order valence-electron chi connectivity index (χ2n) is 3.79. The fourth-order valence-corrected chi connectivity index (χ4v) is 1.49. The van der Waals surface area contributed by atoms with E-state index in [4.69, 9.17) is 5.11 Å².